The molecule has 0 unspecified atom stereocenters. The van der Waals surface area contributed by atoms with Crippen LogP contribution in [0.3, 0.4) is 0 Å². The molecule has 0 spiro atoms. The van der Waals surface area contributed by atoms with E-state index >= 15 is 0 Å². The van der Waals surface area contributed by atoms with Gasteiger partial charge in [0, 0.05) is 17.1 Å². The molecule has 9 heteroatoms. The zero-order valence-corrected chi connectivity index (χ0v) is 22.6. The third-order valence-corrected chi connectivity index (χ3v) is 5.25. The van der Waals surface area contributed by atoms with Gasteiger partial charge in [0.15, 0.2) is 0 Å². The standard InChI is InChI=1S/C22H34N6.2ClH.Mn/c1-13(2)19-10-16(7)26(23-19)22(27-17(8)11-20(24-27)14(3)4)28-18(9)12-21(25-28)15(5)6;;;/h10-15,22H,1-9H3;2*1H;/q;;;+2/p-2. The summed E-state index contributed by atoms with van der Waals surface area (Å²) in [4.78, 5) is 0. The van der Waals surface area contributed by atoms with Crippen LogP contribution in [0.1, 0.15) is 99.7 Å². The molecule has 31 heavy (non-hydrogen) atoms. The zero-order chi connectivity index (χ0) is 23.5. The number of rotatable bonds is 6. The number of aryl methyl sites for hydroxylation is 3. The van der Waals surface area contributed by atoms with E-state index in [2.05, 4.69) is 94.6 Å². The van der Waals surface area contributed by atoms with Crippen molar-refractivity contribution in [3.8, 4) is 0 Å². The van der Waals surface area contributed by atoms with Crippen molar-refractivity contribution in [3.05, 3.63) is 52.4 Å². The molecule has 6 nitrogen and oxygen atoms in total. The fraction of sp³-hybridized carbons (Fsp3) is 0.591. The Morgan fingerprint density at radius 2 is 0.839 bits per heavy atom. The van der Waals surface area contributed by atoms with E-state index in [1.54, 1.807) is 0 Å². The normalized spacial score (nSPS) is 11.7. The van der Waals surface area contributed by atoms with E-state index in [1.165, 1.54) is 0 Å². The molecule has 3 aromatic heterocycles. The summed E-state index contributed by atoms with van der Waals surface area (Å²) in [6, 6.07) is 6.51. The van der Waals surface area contributed by atoms with Crippen molar-refractivity contribution in [2.45, 2.75) is 86.4 Å². The van der Waals surface area contributed by atoms with Crippen molar-refractivity contribution in [2.75, 3.05) is 0 Å². The molecule has 0 aliphatic rings. The summed E-state index contributed by atoms with van der Waals surface area (Å²) in [5.74, 6) is 1.11. The van der Waals surface area contributed by atoms with Gasteiger partial charge in [-0.2, -0.15) is 15.3 Å². The molecule has 0 aliphatic heterocycles. The average Bonchev–Trinajstić information content (AvgIpc) is 3.35. The quantitative estimate of drug-likeness (QED) is 0.357. The van der Waals surface area contributed by atoms with Crippen molar-refractivity contribution in [2.24, 2.45) is 0 Å². The Labute approximate surface area is 200 Å². The summed E-state index contributed by atoms with van der Waals surface area (Å²) in [7, 11) is 9.59. The number of hydrogen-bond donors (Lipinski definition) is 0. The summed E-state index contributed by atoms with van der Waals surface area (Å²) < 4.78 is 6.18. The average molecular weight is 508 g/mol. The van der Waals surface area contributed by atoms with Crippen LogP contribution in [0.15, 0.2) is 18.2 Å². The van der Waals surface area contributed by atoms with Gasteiger partial charge in [-0.25, -0.2) is 14.0 Å². The first-order valence-corrected chi connectivity index (χ1v) is 13.8. The van der Waals surface area contributed by atoms with E-state index in [9.17, 15) is 0 Å². The van der Waals surface area contributed by atoms with Crippen LogP contribution in [-0.4, -0.2) is 29.3 Å². The third kappa shape index (κ3) is 5.95. The number of halogens is 2. The predicted octanol–water partition coefficient (Wildman–Crippen LogP) is 6.50. The monoisotopic (exact) mass is 507 g/mol. The first-order valence-electron chi connectivity index (χ1n) is 10.6. The Balaban J connectivity index is 0.00000107. The van der Waals surface area contributed by atoms with Crippen molar-refractivity contribution in [3.63, 3.8) is 0 Å². The molecule has 173 valence electrons. The van der Waals surface area contributed by atoms with Gasteiger partial charge in [0.25, 0.3) is 0 Å². The topological polar surface area (TPSA) is 53.5 Å². The summed E-state index contributed by atoms with van der Waals surface area (Å²) in [5.41, 5.74) is 6.59. The van der Waals surface area contributed by atoms with Crippen LogP contribution in [0.2, 0.25) is 0 Å². The van der Waals surface area contributed by atoms with Crippen LogP contribution in [0, 0.1) is 20.8 Å². The minimum atomic E-state index is -0.257. The first kappa shape index (κ1) is 26.0. The molecule has 0 bridgehead atoms. The van der Waals surface area contributed by atoms with Gasteiger partial charge in [0.1, 0.15) is 0 Å². The molecule has 0 saturated heterocycles. The second-order valence-electron chi connectivity index (χ2n) is 8.83. The van der Waals surface area contributed by atoms with E-state index in [4.69, 9.17) is 35.5 Å². The molecule has 3 heterocycles. The van der Waals surface area contributed by atoms with Crippen LogP contribution < -0.4 is 0 Å². The van der Waals surface area contributed by atoms with Gasteiger partial charge in [0.05, 0.1) is 17.1 Å². The van der Waals surface area contributed by atoms with Crippen LogP contribution in [0.5, 0.6) is 0 Å². The molecule has 0 aromatic carbocycles. The van der Waals surface area contributed by atoms with Gasteiger partial charge in [-0.15, -0.1) is 0 Å². The van der Waals surface area contributed by atoms with E-state index in [0.29, 0.717) is 17.8 Å². The number of nitrogens with zero attached hydrogens (tertiary/aromatic N) is 6. The zero-order valence-electron chi connectivity index (χ0n) is 19.9. The molecule has 0 N–H and O–H groups in total. The maximum atomic E-state index is 4.95. The van der Waals surface area contributed by atoms with Gasteiger partial charge in [-0.3, -0.25) is 0 Å². The molecule has 0 amide bonds. The predicted molar refractivity (Wildman–Crippen MR) is 125 cm³/mol. The maximum absolute atomic E-state index is 4.95. The van der Waals surface area contributed by atoms with Crippen molar-refractivity contribution in [1.82, 2.24) is 29.3 Å². The Bertz CT molecular complexity index is 862. The van der Waals surface area contributed by atoms with Crippen LogP contribution in [-0.2, 0) is 13.1 Å². The van der Waals surface area contributed by atoms with Gasteiger partial charge >= 0.3 is 33.3 Å². The molecule has 0 atom stereocenters. The minimum absolute atomic E-state index is 0.00694. The Hall–Kier alpha value is -1.27. The van der Waals surface area contributed by atoms with E-state index in [-0.39, 0.29) is 19.4 Å². The van der Waals surface area contributed by atoms with Crippen LogP contribution in [0.25, 0.3) is 0 Å². The fourth-order valence-electron chi connectivity index (χ4n) is 3.40. The first-order chi connectivity index (χ1) is 14.5. The van der Waals surface area contributed by atoms with Gasteiger partial charge in [-0.05, 0) is 56.7 Å². The molecule has 0 saturated carbocycles. The molecular formula is C22H34Cl2MnN6. The Kier molecular flexibility index (Phi) is 9.26. The van der Waals surface area contributed by atoms with E-state index in [1.807, 2.05) is 0 Å². The number of hydrogen-bond acceptors (Lipinski definition) is 3. The van der Waals surface area contributed by atoms with Crippen molar-refractivity contribution >= 4 is 20.2 Å². The molecular weight excluding hydrogens is 474 g/mol. The Morgan fingerprint density at radius 3 is 1.00 bits per heavy atom. The Morgan fingerprint density at radius 1 is 0.613 bits per heavy atom. The van der Waals surface area contributed by atoms with Gasteiger partial charge in [-0.1, -0.05) is 41.5 Å². The SMILES string of the molecule is Cc1cc(C(C)C)nn1C(n1nc(C(C)C)cc1C)n1nc(C(C)C)cc1C.[Cl][Mn][Cl]. The summed E-state index contributed by atoms with van der Waals surface area (Å²) >= 11 is 0.00694. The van der Waals surface area contributed by atoms with Crippen molar-refractivity contribution < 1.29 is 13.1 Å². The second-order valence-corrected chi connectivity index (χ2v) is 10.8. The molecule has 0 fully saturated rings. The third-order valence-electron chi connectivity index (χ3n) is 5.25. The molecule has 0 aliphatic carbocycles. The summed E-state index contributed by atoms with van der Waals surface area (Å²) in [5, 5.41) is 14.8. The van der Waals surface area contributed by atoms with Crippen LogP contribution in [0.4, 0.5) is 0 Å². The summed E-state index contributed by atoms with van der Waals surface area (Å²) in [6.45, 7) is 19.4. The van der Waals surface area contributed by atoms with Gasteiger partial charge < -0.3 is 0 Å². The number of aromatic nitrogens is 6. The molecule has 3 rings (SSSR count). The van der Waals surface area contributed by atoms with Gasteiger partial charge in [0.2, 0.25) is 6.29 Å². The van der Waals surface area contributed by atoms with E-state index in [0.717, 1.165) is 34.2 Å². The van der Waals surface area contributed by atoms with Crippen molar-refractivity contribution in [1.29, 1.82) is 0 Å². The fourth-order valence-corrected chi connectivity index (χ4v) is 3.40. The molecule has 0 radical (unpaired) electrons. The second kappa shape index (κ2) is 11.0. The van der Waals surface area contributed by atoms with E-state index < -0.39 is 0 Å². The molecule has 3 aromatic rings. The van der Waals surface area contributed by atoms with Crippen LogP contribution >= 0.6 is 20.2 Å². The summed E-state index contributed by atoms with van der Waals surface area (Å²) in [6.07, 6.45) is -0.257.